The number of rotatable bonds is 6. The van der Waals surface area contributed by atoms with Gasteiger partial charge in [0.25, 0.3) is 11.5 Å². The number of ketones is 1. The molecule has 0 aliphatic carbocycles. The van der Waals surface area contributed by atoms with Crippen LogP contribution in [0.25, 0.3) is 0 Å². The number of nitrogens with one attached hydrogen (secondary N) is 2. The average molecular weight is 359 g/mol. The molecular formula is C17H17N3O6. The molecule has 0 aliphatic heterocycles. The first-order valence-electron chi connectivity index (χ1n) is 7.67. The lowest BCUT2D eigenvalue weighted by molar-refractivity contribution is -0.153. The number of H-pyrrole nitrogens is 1. The van der Waals surface area contributed by atoms with Crippen molar-refractivity contribution in [2.24, 2.45) is 0 Å². The van der Waals surface area contributed by atoms with Crippen molar-refractivity contribution in [2.75, 3.05) is 5.32 Å². The second-order valence-electron chi connectivity index (χ2n) is 5.50. The lowest BCUT2D eigenvalue weighted by Gasteiger charge is -2.14. The van der Waals surface area contributed by atoms with E-state index in [0.29, 0.717) is 11.3 Å². The highest BCUT2D eigenvalue weighted by molar-refractivity contribution is 5.98. The zero-order valence-electron chi connectivity index (χ0n) is 14.1. The van der Waals surface area contributed by atoms with Crippen molar-refractivity contribution in [2.45, 2.75) is 26.5 Å². The molecule has 9 nitrogen and oxygen atoms in total. The van der Waals surface area contributed by atoms with Crippen LogP contribution >= 0.6 is 0 Å². The maximum Gasteiger partial charge on any atom is 0.328 e. The van der Waals surface area contributed by atoms with Gasteiger partial charge < -0.3 is 10.1 Å². The van der Waals surface area contributed by atoms with Gasteiger partial charge in [0.2, 0.25) is 0 Å². The molecule has 0 bridgehead atoms. The molecule has 2 rings (SSSR count). The van der Waals surface area contributed by atoms with Gasteiger partial charge in [0.15, 0.2) is 11.9 Å². The number of Topliss-reactive ketones (excluding diaryl/α,β-unsaturated/α-hetero) is 1. The summed E-state index contributed by atoms with van der Waals surface area (Å²) in [6.45, 7) is 2.33. The summed E-state index contributed by atoms with van der Waals surface area (Å²) in [6.07, 6.45) is 0.0300. The highest BCUT2D eigenvalue weighted by Crippen LogP contribution is 2.12. The first kappa shape index (κ1) is 18.8. The Balaban J connectivity index is 1.96. The van der Waals surface area contributed by atoms with Gasteiger partial charge in [-0.15, -0.1) is 0 Å². The number of amides is 1. The molecule has 1 atom stereocenters. The molecule has 1 aromatic carbocycles. The van der Waals surface area contributed by atoms with Crippen molar-refractivity contribution in [3.8, 4) is 0 Å². The molecular weight excluding hydrogens is 342 g/mol. The van der Waals surface area contributed by atoms with Gasteiger partial charge in [0.05, 0.1) is 0 Å². The smallest absolute Gasteiger partial charge is 0.328 e. The monoisotopic (exact) mass is 359 g/mol. The number of esters is 1. The van der Waals surface area contributed by atoms with Crippen molar-refractivity contribution in [3.63, 3.8) is 0 Å². The standard InChI is InChI=1S/C17H17N3O6/c1-10(21)12-4-3-5-13(8-12)18-16(24)11(2)26-15(23)9-20-7-6-14(22)19-17(20)25/h3-8,11H,9H2,1-2H3,(H,18,24)(H,19,22,25)/t11-/m1/s1. The Morgan fingerprint density at radius 3 is 2.62 bits per heavy atom. The van der Waals surface area contributed by atoms with Gasteiger partial charge in [0.1, 0.15) is 6.54 Å². The second kappa shape index (κ2) is 8.06. The molecule has 0 radical (unpaired) electrons. The summed E-state index contributed by atoms with van der Waals surface area (Å²) < 4.78 is 5.93. The number of hydrogen-bond acceptors (Lipinski definition) is 6. The Kier molecular flexibility index (Phi) is 5.84. The summed E-state index contributed by atoms with van der Waals surface area (Å²) in [7, 11) is 0. The number of hydrogen-bond donors (Lipinski definition) is 2. The highest BCUT2D eigenvalue weighted by Gasteiger charge is 2.18. The summed E-state index contributed by atoms with van der Waals surface area (Å²) >= 11 is 0. The van der Waals surface area contributed by atoms with Crippen LogP contribution in [-0.4, -0.2) is 33.3 Å². The molecule has 0 spiro atoms. The topological polar surface area (TPSA) is 127 Å². The van der Waals surface area contributed by atoms with E-state index in [-0.39, 0.29) is 5.78 Å². The second-order valence-corrected chi connectivity index (χ2v) is 5.50. The third kappa shape index (κ3) is 5.00. The number of benzene rings is 1. The largest absolute Gasteiger partial charge is 0.451 e. The van der Waals surface area contributed by atoms with Crippen molar-refractivity contribution in [3.05, 3.63) is 62.9 Å². The van der Waals surface area contributed by atoms with Crippen molar-refractivity contribution in [1.82, 2.24) is 9.55 Å². The minimum absolute atomic E-state index is 0.146. The molecule has 2 aromatic rings. The molecule has 136 valence electrons. The summed E-state index contributed by atoms with van der Waals surface area (Å²) in [4.78, 5) is 59.8. The fraction of sp³-hybridized carbons (Fsp3) is 0.235. The zero-order chi connectivity index (χ0) is 19.3. The van der Waals surface area contributed by atoms with Crippen LogP contribution in [0.1, 0.15) is 24.2 Å². The first-order valence-corrected chi connectivity index (χ1v) is 7.67. The minimum atomic E-state index is -1.12. The quantitative estimate of drug-likeness (QED) is 0.564. The Hall–Kier alpha value is -3.49. The van der Waals surface area contributed by atoms with Gasteiger partial charge in [-0.3, -0.25) is 28.7 Å². The molecule has 0 unspecified atom stereocenters. The van der Waals surface area contributed by atoms with E-state index in [2.05, 4.69) is 5.32 Å². The molecule has 9 heteroatoms. The van der Waals surface area contributed by atoms with Crippen LogP contribution in [0.15, 0.2) is 46.1 Å². The van der Waals surface area contributed by atoms with E-state index in [1.807, 2.05) is 4.98 Å². The van der Waals surface area contributed by atoms with E-state index in [0.717, 1.165) is 16.8 Å². The van der Waals surface area contributed by atoms with Gasteiger partial charge in [-0.25, -0.2) is 4.79 Å². The van der Waals surface area contributed by atoms with Crippen LogP contribution < -0.4 is 16.6 Å². The molecule has 0 saturated carbocycles. The predicted octanol–water partition coefficient (Wildman–Crippen LogP) is 0.310. The molecule has 2 N–H and O–H groups in total. The highest BCUT2D eigenvalue weighted by atomic mass is 16.5. The lowest BCUT2D eigenvalue weighted by Crippen LogP contribution is -2.34. The van der Waals surface area contributed by atoms with E-state index < -0.39 is 35.8 Å². The molecule has 1 heterocycles. The Labute approximate surface area is 147 Å². The molecule has 0 fully saturated rings. The molecule has 0 saturated heterocycles. The van der Waals surface area contributed by atoms with E-state index in [1.54, 1.807) is 18.2 Å². The van der Waals surface area contributed by atoms with Crippen molar-refractivity contribution in [1.29, 1.82) is 0 Å². The van der Waals surface area contributed by atoms with E-state index in [9.17, 15) is 24.0 Å². The van der Waals surface area contributed by atoms with Crippen LogP contribution in [0.4, 0.5) is 5.69 Å². The Morgan fingerprint density at radius 1 is 1.23 bits per heavy atom. The van der Waals surface area contributed by atoms with E-state index in [4.69, 9.17) is 4.74 Å². The number of ether oxygens (including phenoxy) is 1. The normalized spacial score (nSPS) is 11.5. The third-order valence-electron chi connectivity index (χ3n) is 3.41. The maximum atomic E-state index is 12.1. The van der Waals surface area contributed by atoms with E-state index in [1.165, 1.54) is 19.9 Å². The van der Waals surface area contributed by atoms with Gasteiger partial charge in [-0.1, -0.05) is 12.1 Å². The van der Waals surface area contributed by atoms with Gasteiger partial charge in [0, 0.05) is 23.5 Å². The fourth-order valence-electron chi connectivity index (χ4n) is 2.06. The van der Waals surface area contributed by atoms with Crippen LogP contribution in [0.5, 0.6) is 0 Å². The van der Waals surface area contributed by atoms with Crippen molar-refractivity contribution >= 4 is 23.3 Å². The number of nitrogens with zero attached hydrogens (tertiary/aromatic N) is 1. The molecule has 26 heavy (non-hydrogen) atoms. The van der Waals surface area contributed by atoms with Crippen LogP contribution in [0.3, 0.4) is 0 Å². The number of anilines is 1. The van der Waals surface area contributed by atoms with Crippen LogP contribution in [0.2, 0.25) is 0 Å². The summed E-state index contributed by atoms with van der Waals surface area (Å²) in [5, 5.41) is 2.54. The van der Waals surface area contributed by atoms with Crippen LogP contribution in [0, 0.1) is 0 Å². The zero-order valence-corrected chi connectivity index (χ0v) is 14.1. The van der Waals surface area contributed by atoms with E-state index >= 15 is 0 Å². The minimum Gasteiger partial charge on any atom is -0.451 e. The Bertz CT molecular complexity index is 959. The SMILES string of the molecule is CC(=O)c1cccc(NC(=O)[C@@H](C)OC(=O)Cn2ccc(=O)[nH]c2=O)c1. The lowest BCUT2D eigenvalue weighted by atomic mass is 10.1. The number of aromatic amines is 1. The fourth-order valence-corrected chi connectivity index (χ4v) is 2.06. The average Bonchev–Trinajstić information content (AvgIpc) is 2.57. The molecule has 1 amide bonds. The number of carbonyl (C=O) groups is 3. The van der Waals surface area contributed by atoms with Gasteiger partial charge >= 0.3 is 11.7 Å². The first-order chi connectivity index (χ1) is 12.3. The van der Waals surface area contributed by atoms with Gasteiger partial charge in [-0.2, -0.15) is 0 Å². The van der Waals surface area contributed by atoms with Gasteiger partial charge in [-0.05, 0) is 26.0 Å². The molecule has 1 aromatic heterocycles. The van der Waals surface area contributed by atoms with Crippen LogP contribution in [-0.2, 0) is 20.9 Å². The summed E-state index contributed by atoms with van der Waals surface area (Å²) in [5.74, 6) is -1.56. The summed E-state index contributed by atoms with van der Waals surface area (Å²) in [5.41, 5.74) is -0.514. The number of carbonyl (C=O) groups excluding carboxylic acids is 3. The molecule has 0 aliphatic rings. The Morgan fingerprint density at radius 2 is 1.96 bits per heavy atom. The summed E-state index contributed by atoms with van der Waals surface area (Å²) in [6, 6.07) is 7.43. The third-order valence-corrected chi connectivity index (χ3v) is 3.41. The number of aromatic nitrogens is 2. The predicted molar refractivity (Wildman–Crippen MR) is 92.0 cm³/mol. The maximum absolute atomic E-state index is 12.1. The van der Waals surface area contributed by atoms with Crippen molar-refractivity contribution < 1.29 is 19.1 Å².